The summed E-state index contributed by atoms with van der Waals surface area (Å²) in [5.74, 6) is 0.998. The van der Waals surface area contributed by atoms with E-state index in [9.17, 15) is 9.59 Å². The maximum Gasteiger partial charge on any atom is 0.324 e. The first-order valence-corrected chi connectivity index (χ1v) is 12.8. The van der Waals surface area contributed by atoms with Gasteiger partial charge in [-0.15, -0.1) is 0 Å². The highest BCUT2D eigenvalue weighted by atomic mass is 32.2. The zero-order chi connectivity index (χ0) is 27.3. The summed E-state index contributed by atoms with van der Waals surface area (Å²) in [6.45, 7) is 6.21. The summed E-state index contributed by atoms with van der Waals surface area (Å²) >= 11 is 1.50. The van der Waals surface area contributed by atoms with Gasteiger partial charge >= 0.3 is 6.03 Å². The fraction of sp³-hybridized carbons (Fsp3) is 0.214. The molecule has 4 rings (SSSR count). The quantitative estimate of drug-likeness (QED) is 0.282. The molecule has 196 valence electrons. The molecule has 0 atom stereocenters. The molecule has 10 heteroatoms. The van der Waals surface area contributed by atoms with Gasteiger partial charge in [-0.25, -0.2) is 9.48 Å². The van der Waals surface area contributed by atoms with Crippen molar-refractivity contribution in [2.45, 2.75) is 36.0 Å². The molecule has 0 fully saturated rings. The molecular formula is C28H30N6O3S. The number of methoxy groups -OCH3 is 1. The Morgan fingerprint density at radius 3 is 2.39 bits per heavy atom. The second kappa shape index (κ2) is 11.4. The van der Waals surface area contributed by atoms with Gasteiger partial charge in [0.25, 0.3) is 5.91 Å². The van der Waals surface area contributed by atoms with Crippen LogP contribution in [-0.2, 0) is 5.41 Å². The molecule has 0 spiro atoms. The smallest absolute Gasteiger partial charge is 0.324 e. The van der Waals surface area contributed by atoms with E-state index in [4.69, 9.17) is 9.84 Å². The highest BCUT2D eigenvalue weighted by Gasteiger charge is 2.22. The highest BCUT2D eigenvalue weighted by Crippen LogP contribution is 2.30. The molecule has 3 N–H and O–H groups in total. The van der Waals surface area contributed by atoms with Crippen molar-refractivity contribution >= 4 is 35.2 Å². The number of carbonyl (C=O) groups is 2. The molecule has 0 saturated heterocycles. The van der Waals surface area contributed by atoms with Gasteiger partial charge in [-0.1, -0.05) is 38.6 Å². The van der Waals surface area contributed by atoms with E-state index >= 15 is 0 Å². The molecule has 2 aromatic heterocycles. The van der Waals surface area contributed by atoms with Gasteiger partial charge < -0.3 is 15.4 Å². The molecule has 0 aliphatic heterocycles. The number of aromatic nitrogens is 3. The van der Waals surface area contributed by atoms with Crippen molar-refractivity contribution < 1.29 is 14.3 Å². The van der Waals surface area contributed by atoms with Crippen LogP contribution < -0.4 is 20.7 Å². The Bertz CT molecular complexity index is 1440. The van der Waals surface area contributed by atoms with E-state index in [-0.39, 0.29) is 17.4 Å². The normalized spacial score (nSPS) is 11.1. The molecule has 2 heterocycles. The molecule has 3 amide bonds. The number of benzene rings is 2. The Morgan fingerprint density at radius 1 is 0.947 bits per heavy atom. The van der Waals surface area contributed by atoms with Crippen molar-refractivity contribution in [1.82, 2.24) is 20.1 Å². The van der Waals surface area contributed by atoms with Crippen LogP contribution in [0.15, 0.2) is 82.7 Å². The maximum atomic E-state index is 12.9. The third kappa shape index (κ3) is 6.51. The summed E-state index contributed by atoms with van der Waals surface area (Å²) in [6.07, 6.45) is 1.61. The highest BCUT2D eigenvalue weighted by molar-refractivity contribution is 7.99. The predicted molar refractivity (Wildman–Crippen MR) is 150 cm³/mol. The van der Waals surface area contributed by atoms with Crippen molar-refractivity contribution in [3.05, 3.63) is 84.3 Å². The monoisotopic (exact) mass is 530 g/mol. The predicted octanol–water partition coefficient (Wildman–Crippen LogP) is 5.73. The van der Waals surface area contributed by atoms with Crippen LogP contribution in [0, 0.1) is 0 Å². The Balaban J connectivity index is 1.47. The van der Waals surface area contributed by atoms with Gasteiger partial charge in [-0.05, 0) is 48.5 Å². The molecular weight excluding hydrogens is 500 g/mol. The van der Waals surface area contributed by atoms with Crippen LogP contribution in [0.5, 0.6) is 5.75 Å². The molecule has 2 aromatic carbocycles. The molecule has 0 radical (unpaired) electrons. The maximum absolute atomic E-state index is 12.9. The third-order valence-corrected chi connectivity index (χ3v) is 6.55. The lowest BCUT2D eigenvalue weighted by Gasteiger charge is -2.14. The van der Waals surface area contributed by atoms with Gasteiger partial charge in [-0.3, -0.25) is 15.1 Å². The molecule has 0 aliphatic rings. The van der Waals surface area contributed by atoms with E-state index in [1.165, 1.54) is 11.8 Å². The summed E-state index contributed by atoms with van der Waals surface area (Å²) in [7, 11) is 3.18. The molecule has 0 bridgehead atoms. The summed E-state index contributed by atoms with van der Waals surface area (Å²) in [5.41, 5.74) is 2.40. The topological polar surface area (TPSA) is 110 Å². The Morgan fingerprint density at radius 2 is 1.71 bits per heavy atom. The molecule has 9 nitrogen and oxygen atoms in total. The van der Waals surface area contributed by atoms with Crippen LogP contribution in [-0.4, -0.2) is 40.9 Å². The van der Waals surface area contributed by atoms with Gasteiger partial charge in [0, 0.05) is 46.3 Å². The van der Waals surface area contributed by atoms with Gasteiger partial charge in [0.05, 0.1) is 18.5 Å². The number of pyridine rings is 1. The van der Waals surface area contributed by atoms with Gasteiger partial charge in [0.15, 0.2) is 0 Å². The zero-order valence-electron chi connectivity index (χ0n) is 21.9. The second-order valence-electron chi connectivity index (χ2n) is 9.44. The van der Waals surface area contributed by atoms with E-state index in [1.807, 2.05) is 60.7 Å². The van der Waals surface area contributed by atoms with E-state index < -0.39 is 0 Å². The number of nitrogens with zero attached hydrogens (tertiary/aromatic N) is 3. The van der Waals surface area contributed by atoms with Crippen LogP contribution in [0.1, 0.15) is 37.0 Å². The first kappa shape index (κ1) is 26.7. The number of nitrogens with one attached hydrogen (secondary N) is 3. The molecule has 38 heavy (non-hydrogen) atoms. The standard InChI is InChI=1S/C28H30N6O3S/c1-28(2,3)24-17-25(34(33-24)19-7-6-8-20(15-19)37-5)32-27(36)31-18-9-11-21(12-10-18)38-22-13-14-30-23(16-22)26(35)29-4/h6-17H,1-5H3,(H,29,35)(H2,31,32,36). The summed E-state index contributed by atoms with van der Waals surface area (Å²) in [4.78, 5) is 30.7. The lowest BCUT2D eigenvalue weighted by molar-refractivity contribution is 0.0958. The average molecular weight is 531 g/mol. The van der Waals surface area contributed by atoms with E-state index in [2.05, 4.69) is 41.7 Å². The van der Waals surface area contributed by atoms with Crippen molar-refractivity contribution in [3.8, 4) is 11.4 Å². The number of ether oxygens (including phenoxy) is 1. The largest absolute Gasteiger partial charge is 0.497 e. The lowest BCUT2D eigenvalue weighted by atomic mass is 9.92. The number of carbonyl (C=O) groups excluding carboxylic acids is 2. The number of anilines is 2. The average Bonchev–Trinajstić information content (AvgIpc) is 3.34. The van der Waals surface area contributed by atoms with Crippen LogP contribution >= 0.6 is 11.8 Å². The summed E-state index contributed by atoms with van der Waals surface area (Å²) in [5, 5.41) is 13.1. The van der Waals surface area contributed by atoms with Crippen molar-refractivity contribution in [2.75, 3.05) is 24.8 Å². The van der Waals surface area contributed by atoms with Crippen LogP contribution in [0.3, 0.4) is 0 Å². The SMILES string of the molecule is CNC(=O)c1cc(Sc2ccc(NC(=O)Nc3cc(C(C)(C)C)nn3-c3cccc(OC)c3)cc2)ccn1. The number of hydrogen-bond acceptors (Lipinski definition) is 6. The molecule has 0 saturated carbocycles. The van der Waals surface area contributed by atoms with E-state index in [0.717, 1.165) is 21.2 Å². The lowest BCUT2D eigenvalue weighted by Crippen LogP contribution is -2.21. The molecule has 0 aliphatic carbocycles. The van der Waals surface area contributed by atoms with Crippen LogP contribution in [0.2, 0.25) is 0 Å². The minimum atomic E-state index is -0.390. The first-order chi connectivity index (χ1) is 18.2. The van der Waals surface area contributed by atoms with E-state index in [1.54, 1.807) is 31.1 Å². The van der Waals surface area contributed by atoms with Gasteiger partial charge in [0.2, 0.25) is 0 Å². The van der Waals surface area contributed by atoms with Crippen molar-refractivity contribution in [1.29, 1.82) is 0 Å². The fourth-order valence-corrected chi connectivity index (χ4v) is 4.37. The van der Waals surface area contributed by atoms with Crippen molar-refractivity contribution in [2.24, 2.45) is 0 Å². The Hall–Kier alpha value is -4.31. The summed E-state index contributed by atoms with van der Waals surface area (Å²) < 4.78 is 7.05. The number of hydrogen-bond donors (Lipinski definition) is 3. The number of amides is 3. The Kier molecular flexibility index (Phi) is 8.02. The Labute approximate surface area is 226 Å². The number of rotatable bonds is 7. The molecule has 0 unspecified atom stereocenters. The van der Waals surface area contributed by atoms with Gasteiger partial charge in [0.1, 0.15) is 17.3 Å². The van der Waals surface area contributed by atoms with Crippen molar-refractivity contribution in [3.63, 3.8) is 0 Å². The van der Waals surface area contributed by atoms with Crippen LogP contribution in [0.25, 0.3) is 5.69 Å². The van der Waals surface area contributed by atoms with E-state index in [0.29, 0.717) is 22.9 Å². The minimum absolute atomic E-state index is 0.208. The fourth-order valence-electron chi connectivity index (χ4n) is 3.52. The summed E-state index contributed by atoms with van der Waals surface area (Å²) in [6, 6.07) is 20.0. The second-order valence-corrected chi connectivity index (χ2v) is 10.6. The van der Waals surface area contributed by atoms with Crippen LogP contribution in [0.4, 0.5) is 16.3 Å². The zero-order valence-corrected chi connectivity index (χ0v) is 22.7. The molecule has 4 aromatic rings. The first-order valence-electron chi connectivity index (χ1n) is 12.0. The third-order valence-electron chi connectivity index (χ3n) is 5.56. The van der Waals surface area contributed by atoms with Gasteiger partial charge in [-0.2, -0.15) is 5.10 Å². The minimum Gasteiger partial charge on any atom is -0.497 e. The number of urea groups is 1.